The van der Waals surface area contributed by atoms with E-state index in [2.05, 4.69) is 5.32 Å². The highest BCUT2D eigenvalue weighted by Gasteiger charge is 2.24. The molecular formula is C10H9N3O4. The summed E-state index contributed by atoms with van der Waals surface area (Å²) in [5.74, 6) is -0.336. The first kappa shape index (κ1) is 11.1. The van der Waals surface area contributed by atoms with Crippen LogP contribution in [0.15, 0.2) is 24.3 Å². The van der Waals surface area contributed by atoms with E-state index in [1.165, 1.54) is 23.1 Å². The number of nitrogens with zero attached hydrogens (tertiary/aromatic N) is 2. The average molecular weight is 235 g/mol. The zero-order valence-corrected chi connectivity index (χ0v) is 8.75. The van der Waals surface area contributed by atoms with Gasteiger partial charge in [0.1, 0.15) is 0 Å². The van der Waals surface area contributed by atoms with E-state index < -0.39 is 11.0 Å². The highest BCUT2D eigenvalue weighted by Crippen LogP contribution is 2.22. The fourth-order valence-corrected chi connectivity index (χ4v) is 1.58. The van der Waals surface area contributed by atoms with Gasteiger partial charge < -0.3 is 0 Å². The van der Waals surface area contributed by atoms with Crippen LogP contribution in [-0.2, 0) is 4.79 Å². The third-order valence-corrected chi connectivity index (χ3v) is 2.41. The van der Waals surface area contributed by atoms with Crippen molar-refractivity contribution in [2.45, 2.75) is 6.42 Å². The summed E-state index contributed by atoms with van der Waals surface area (Å²) in [4.78, 5) is 33.8. The Hall–Kier alpha value is -2.44. The third-order valence-electron chi connectivity index (χ3n) is 2.41. The molecule has 2 rings (SSSR count). The van der Waals surface area contributed by atoms with Gasteiger partial charge in [0.05, 0.1) is 10.6 Å². The van der Waals surface area contributed by atoms with Crippen LogP contribution in [-0.4, -0.2) is 23.4 Å². The molecule has 0 aromatic heterocycles. The Morgan fingerprint density at radius 2 is 2.12 bits per heavy atom. The lowest BCUT2D eigenvalue weighted by molar-refractivity contribution is -0.384. The predicted molar refractivity (Wildman–Crippen MR) is 58.6 cm³/mol. The number of carbonyl (C=O) groups is 2. The van der Waals surface area contributed by atoms with Gasteiger partial charge in [-0.05, 0) is 6.07 Å². The van der Waals surface area contributed by atoms with Crippen molar-refractivity contribution >= 4 is 23.3 Å². The first-order chi connectivity index (χ1) is 8.08. The van der Waals surface area contributed by atoms with Gasteiger partial charge in [-0.25, -0.2) is 4.79 Å². The molecule has 3 amide bonds. The van der Waals surface area contributed by atoms with Gasteiger partial charge in [-0.15, -0.1) is 0 Å². The summed E-state index contributed by atoms with van der Waals surface area (Å²) in [6.45, 7) is 0.228. The summed E-state index contributed by atoms with van der Waals surface area (Å²) < 4.78 is 0. The lowest BCUT2D eigenvalue weighted by Gasteiger charge is -2.26. The quantitative estimate of drug-likeness (QED) is 0.612. The van der Waals surface area contributed by atoms with E-state index in [0.29, 0.717) is 5.69 Å². The molecule has 0 bridgehead atoms. The second kappa shape index (κ2) is 4.20. The van der Waals surface area contributed by atoms with E-state index in [1.807, 2.05) is 0 Å². The number of nitro benzene ring substituents is 1. The first-order valence-corrected chi connectivity index (χ1v) is 4.94. The Bertz CT molecular complexity index is 500. The largest absolute Gasteiger partial charge is 0.328 e. The Morgan fingerprint density at radius 1 is 1.35 bits per heavy atom. The minimum absolute atomic E-state index is 0.0906. The van der Waals surface area contributed by atoms with Crippen molar-refractivity contribution in [2.24, 2.45) is 0 Å². The van der Waals surface area contributed by atoms with Crippen molar-refractivity contribution in [3.63, 3.8) is 0 Å². The van der Waals surface area contributed by atoms with Crippen LogP contribution < -0.4 is 10.2 Å². The number of carbonyl (C=O) groups excluding carboxylic acids is 2. The van der Waals surface area contributed by atoms with Crippen LogP contribution in [0.5, 0.6) is 0 Å². The number of urea groups is 1. The van der Waals surface area contributed by atoms with E-state index in [9.17, 15) is 19.7 Å². The van der Waals surface area contributed by atoms with Crippen molar-refractivity contribution in [2.75, 3.05) is 11.4 Å². The minimum Gasteiger partial charge on any atom is -0.293 e. The SMILES string of the molecule is O=C1CCN(c2cccc([N+](=O)[O-])c2)C(=O)N1. The summed E-state index contributed by atoms with van der Waals surface area (Å²) in [6, 6.07) is 5.17. The van der Waals surface area contributed by atoms with E-state index in [0.717, 1.165) is 0 Å². The molecule has 1 N–H and O–H groups in total. The molecule has 1 aromatic carbocycles. The molecule has 88 valence electrons. The Balaban J connectivity index is 2.28. The Labute approximate surface area is 96.2 Å². The molecule has 0 spiro atoms. The molecule has 0 unspecified atom stereocenters. The highest BCUT2D eigenvalue weighted by molar-refractivity contribution is 6.05. The van der Waals surface area contributed by atoms with Crippen molar-refractivity contribution in [1.29, 1.82) is 0 Å². The minimum atomic E-state index is -0.554. The predicted octanol–water partition coefficient (Wildman–Crippen LogP) is 1.04. The Morgan fingerprint density at radius 3 is 2.76 bits per heavy atom. The summed E-state index contributed by atoms with van der Waals surface area (Å²) in [7, 11) is 0. The van der Waals surface area contributed by atoms with Crippen LogP contribution >= 0.6 is 0 Å². The van der Waals surface area contributed by atoms with E-state index in [4.69, 9.17) is 0 Å². The molecule has 0 radical (unpaired) electrons. The second-order valence-electron chi connectivity index (χ2n) is 3.53. The highest BCUT2D eigenvalue weighted by atomic mass is 16.6. The van der Waals surface area contributed by atoms with Crippen LogP contribution in [0.25, 0.3) is 0 Å². The monoisotopic (exact) mass is 235 g/mol. The van der Waals surface area contributed by atoms with Gasteiger partial charge >= 0.3 is 6.03 Å². The lowest BCUT2D eigenvalue weighted by Crippen LogP contribution is -2.49. The lowest BCUT2D eigenvalue weighted by atomic mass is 10.2. The topological polar surface area (TPSA) is 92.6 Å². The third kappa shape index (κ3) is 2.22. The van der Waals surface area contributed by atoms with Gasteiger partial charge in [-0.1, -0.05) is 6.07 Å². The molecule has 7 nitrogen and oxygen atoms in total. The van der Waals surface area contributed by atoms with Crippen molar-refractivity contribution in [3.8, 4) is 0 Å². The fourth-order valence-electron chi connectivity index (χ4n) is 1.58. The maximum Gasteiger partial charge on any atom is 0.328 e. The van der Waals surface area contributed by atoms with Crippen LogP contribution in [0.4, 0.5) is 16.2 Å². The number of hydrogen-bond acceptors (Lipinski definition) is 4. The molecule has 1 aliphatic heterocycles. The van der Waals surface area contributed by atoms with Gasteiger partial charge in [-0.3, -0.25) is 25.1 Å². The number of benzene rings is 1. The summed E-state index contributed by atoms with van der Waals surface area (Å²) in [5, 5.41) is 12.8. The van der Waals surface area contributed by atoms with Crippen molar-refractivity contribution in [3.05, 3.63) is 34.4 Å². The molecule has 17 heavy (non-hydrogen) atoms. The van der Waals surface area contributed by atoms with Gasteiger partial charge in [0.15, 0.2) is 0 Å². The maximum atomic E-state index is 11.5. The number of anilines is 1. The van der Waals surface area contributed by atoms with Gasteiger partial charge in [0.25, 0.3) is 5.69 Å². The van der Waals surface area contributed by atoms with Gasteiger partial charge in [0, 0.05) is 25.1 Å². The second-order valence-corrected chi connectivity index (χ2v) is 3.53. The van der Waals surface area contributed by atoms with Crippen LogP contribution in [0.1, 0.15) is 6.42 Å². The van der Waals surface area contributed by atoms with Crippen molar-refractivity contribution < 1.29 is 14.5 Å². The molecule has 1 aromatic rings. The standard InChI is InChI=1S/C10H9N3O4/c14-9-4-5-12(10(15)11-9)7-2-1-3-8(6-7)13(16)17/h1-3,6H,4-5H2,(H,11,14,15). The average Bonchev–Trinajstić information content (AvgIpc) is 2.29. The number of hydrogen-bond donors (Lipinski definition) is 1. The van der Waals surface area contributed by atoms with E-state index >= 15 is 0 Å². The molecule has 7 heteroatoms. The van der Waals surface area contributed by atoms with Crippen LogP contribution in [0.2, 0.25) is 0 Å². The van der Waals surface area contributed by atoms with Crippen LogP contribution in [0, 0.1) is 10.1 Å². The number of imide groups is 1. The van der Waals surface area contributed by atoms with Gasteiger partial charge in [0.2, 0.25) is 5.91 Å². The molecule has 1 saturated heterocycles. The number of nitro groups is 1. The summed E-state index contributed by atoms with van der Waals surface area (Å²) in [6.07, 6.45) is 0.189. The summed E-state index contributed by atoms with van der Waals surface area (Å²) in [5.41, 5.74) is 0.316. The first-order valence-electron chi connectivity index (χ1n) is 4.94. The smallest absolute Gasteiger partial charge is 0.293 e. The zero-order valence-electron chi connectivity index (χ0n) is 8.75. The number of nitrogens with one attached hydrogen (secondary N) is 1. The molecule has 1 heterocycles. The normalized spacial score (nSPS) is 15.6. The zero-order chi connectivity index (χ0) is 12.4. The summed E-state index contributed by atoms with van der Waals surface area (Å²) >= 11 is 0. The van der Waals surface area contributed by atoms with E-state index in [-0.39, 0.29) is 24.6 Å². The maximum absolute atomic E-state index is 11.5. The number of amides is 3. The van der Waals surface area contributed by atoms with E-state index in [1.54, 1.807) is 6.07 Å². The van der Waals surface area contributed by atoms with Gasteiger partial charge in [-0.2, -0.15) is 0 Å². The molecule has 0 atom stereocenters. The number of rotatable bonds is 2. The number of non-ortho nitro benzene ring substituents is 1. The molecule has 0 aliphatic carbocycles. The Kier molecular flexibility index (Phi) is 2.73. The fraction of sp³-hybridized carbons (Fsp3) is 0.200. The molecular weight excluding hydrogens is 226 g/mol. The molecule has 1 aliphatic rings. The van der Waals surface area contributed by atoms with Crippen molar-refractivity contribution in [1.82, 2.24) is 5.32 Å². The van der Waals surface area contributed by atoms with Crippen LogP contribution in [0.3, 0.4) is 0 Å². The molecule has 1 fully saturated rings. The molecule has 0 saturated carbocycles.